The smallest absolute Gasteiger partial charge is 0.223 e. The topological polar surface area (TPSA) is 64.3 Å². The quantitative estimate of drug-likeness (QED) is 0.835. The van der Waals surface area contributed by atoms with Crippen molar-refractivity contribution in [2.75, 3.05) is 13.7 Å². The molecule has 1 fully saturated rings. The van der Waals surface area contributed by atoms with Gasteiger partial charge in [0.1, 0.15) is 5.75 Å². The van der Waals surface area contributed by atoms with Gasteiger partial charge in [-0.05, 0) is 49.3 Å². The molecule has 130 valence electrons. The summed E-state index contributed by atoms with van der Waals surface area (Å²) in [7, 11) is 1.67. The standard InChI is InChI=1S/C18H28N2O2.ClH/c1-13(14-6-8-17(22-2)9-7-14)10-11-20-18(21)15-4-3-5-16(19)12-15;/h6-9,13,15-16H,3-5,10-12,19H2,1-2H3,(H,20,21);1H. The summed E-state index contributed by atoms with van der Waals surface area (Å²) in [6.45, 7) is 2.91. The van der Waals surface area contributed by atoms with E-state index in [0.29, 0.717) is 5.92 Å². The largest absolute Gasteiger partial charge is 0.497 e. The number of ether oxygens (including phenoxy) is 1. The number of benzene rings is 1. The molecule has 0 radical (unpaired) electrons. The highest BCUT2D eigenvalue weighted by molar-refractivity contribution is 5.85. The molecule has 1 aliphatic carbocycles. The summed E-state index contributed by atoms with van der Waals surface area (Å²) in [5.74, 6) is 1.58. The second-order valence-electron chi connectivity index (χ2n) is 6.38. The monoisotopic (exact) mass is 340 g/mol. The van der Waals surface area contributed by atoms with Crippen molar-refractivity contribution in [3.05, 3.63) is 29.8 Å². The van der Waals surface area contributed by atoms with E-state index in [4.69, 9.17) is 10.5 Å². The summed E-state index contributed by atoms with van der Waals surface area (Å²) < 4.78 is 5.17. The van der Waals surface area contributed by atoms with E-state index in [9.17, 15) is 4.79 Å². The third kappa shape index (κ3) is 6.04. The van der Waals surface area contributed by atoms with Crippen molar-refractivity contribution in [1.29, 1.82) is 0 Å². The normalized spacial score (nSPS) is 21.9. The highest BCUT2D eigenvalue weighted by Gasteiger charge is 2.24. The lowest BCUT2D eigenvalue weighted by Crippen LogP contribution is -2.38. The number of hydrogen-bond donors (Lipinski definition) is 2. The molecule has 2 rings (SSSR count). The number of methoxy groups -OCH3 is 1. The Balaban J connectivity index is 0.00000264. The van der Waals surface area contributed by atoms with Crippen molar-refractivity contribution in [3.8, 4) is 5.75 Å². The van der Waals surface area contributed by atoms with Gasteiger partial charge in [0.25, 0.3) is 0 Å². The van der Waals surface area contributed by atoms with Gasteiger partial charge >= 0.3 is 0 Å². The molecule has 23 heavy (non-hydrogen) atoms. The van der Waals surface area contributed by atoms with Crippen LogP contribution < -0.4 is 15.8 Å². The van der Waals surface area contributed by atoms with Crippen LogP contribution in [0.3, 0.4) is 0 Å². The molecule has 3 N–H and O–H groups in total. The molecule has 0 aromatic heterocycles. The zero-order valence-electron chi connectivity index (χ0n) is 14.1. The molecule has 1 saturated carbocycles. The van der Waals surface area contributed by atoms with Gasteiger partial charge in [-0.3, -0.25) is 4.79 Å². The minimum Gasteiger partial charge on any atom is -0.497 e. The summed E-state index contributed by atoms with van der Waals surface area (Å²) in [4.78, 5) is 12.2. The van der Waals surface area contributed by atoms with Crippen LogP contribution in [-0.4, -0.2) is 25.6 Å². The Hall–Kier alpha value is -1.26. The Kier molecular flexibility index (Phi) is 8.42. The lowest BCUT2D eigenvalue weighted by atomic mass is 9.85. The van der Waals surface area contributed by atoms with Crippen LogP contribution in [-0.2, 0) is 4.79 Å². The highest BCUT2D eigenvalue weighted by Crippen LogP contribution is 2.24. The lowest BCUT2D eigenvalue weighted by molar-refractivity contribution is -0.126. The third-order valence-electron chi connectivity index (χ3n) is 4.65. The van der Waals surface area contributed by atoms with Crippen LogP contribution in [0.2, 0.25) is 0 Å². The second kappa shape index (κ2) is 9.78. The maximum absolute atomic E-state index is 12.2. The van der Waals surface area contributed by atoms with E-state index in [0.717, 1.165) is 44.4 Å². The van der Waals surface area contributed by atoms with Crippen molar-refractivity contribution in [2.24, 2.45) is 11.7 Å². The van der Waals surface area contributed by atoms with Crippen molar-refractivity contribution >= 4 is 18.3 Å². The van der Waals surface area contributed by atoms with Gasteiger partial charge < -0.3 is 15.8 Å². The van der Waals surface area contributed by atoms with Crippen LogP contribution in [0.5, 0.6) is 5.75 Å². The molecule has 3 atom stereocenters. The van der Waals surface area contributed by atoms with E-state index in [2.05, 4.69) is 24.4 Å². The zero-order valence-corrected chi connectivity index (χ0v) is 14.9. The number of nitrogens with two attached hydrogens (primary N) is 1. The zero-order chi connectivity index (χ0) is 15.9. The average molecular weight is 341 g/mol. The number of carbonyl (C=O) groups excluding carboxylic acids is 1. The van der Waals surface area contributed by atoms with E-state index >= 15 is 0 Å². The molecule has 1 aromatic rings. The molecular weight excluding hydrogens is 312 g/mol. The third-order valence-corrected chi connectivity index (χ3v) is 4.65. The van der Waals surface area contributed by atoms with Gasteiger partial charge in [-0.25, -0.2) is 0 Å². The predicted molar refractivity (Wildman–Crippen MR) is 96.2 cm³/mol. The Bertz CT molecular complexity index is 478. The van der Waals surface area contributed by atoms with E-state index in [-0.39, 0.29) is 30.3 Å². The fourth-order valence-corrected chi connectivity index (χ4v) is 3.12. The number of hydrogen-bond acceptors (Lipinski definition) is 3. The van der Waals surface area contributed by atoms with Gasteiger partial charge in [0.05, 0.1) is 7.11 Å². The van der Waals surface area contributed by atoms with Crippen LogP contribution in [0.4, 0.5) is 0 Å². The van der Waals surface area contributed by atoms with Crippen molar-refractivity contribution < 1.29 is 9.53 Å². The molecule has 0 heterocycles. The molecule has 1 aromatic carbocycles. The number of carbonyl (C=O) groups is 1. The number of halogens is 1. The van der Waals surface area contributed by atoms with Gasteiger partial charge in [0, 0.05) is 18.5 Å². The molecule has 1 amide bonds. The summed E-state index contributed by atoms with van der Waals surface area (Å²) in [5, 5.41) is 3.08. The minimum atomic E-state index is 0. The van der Waals surface area contributed by atoms with Gasteiger partial charge in [-0.15, -0.1) is 12.4 Å². The maximum atomic E-state index is 12.2. The molecule has 0 spiro atoms. The highest BCUT2D eigenvalue weighted by atomic mass is 35.5. The molecule has 1 aliphatic rings. The summed E-state index contributed by atoms with van der Waals surface area (Å²) in [5.41, 5.74) is 7.22. The maximum Gasteiger partial charge on any atom is 0.223 e. The molecular formula is C18H29ClN2O2. The second-order valence-corrected chi connectivity index (χ2v) is 6.38. The van der Waals surface area contributed by atoms with Gasteiger partial charge in [-0.1, -0.05) is 25.5 Å². The number of nitrogens with one attached hydrogen (secondary N) is 1. The fraction of sp³-hybridized carbons (Fsp3) is 0.611. The molecule has 0 saturated heterocycles. The van der Waals surface area contributed by atoms with Crippen molar-refractivity contribution in [3.63, 3.8) is 0 Å². The first-order valence-corrected chi connectivity index (χ1v) is 8.27. The number of rotatable bonds is 6. The van der Waals surface area contributed by atoms with Crippen LogP contribution in [0, 0.1) is 5.92 Å². The summed E-state index contributed by atoms with van der Waals surface area (Å²) in [6, 6.07) is 8.33. The fourth-order valence-electron chi connectivity index (χ4n) is 3.12. The van der Waals surface area contributed by atoms with Crippen LogP contribution in [0.1, 0.15) is 50.5 Å². The Labute approximate surface area is 145 Å². The van der Waals surface area contributed by atoms with Gasteiger partial charge in [0.15, 0.2) is 0 Å². The van der Waals surface area contributed by atoms with Crippen molar-refractivity contribution in [1.82, 2.24) is 5.32 Å². The van der Waals surface area contributed by atoms with Crippen LogP contribution in [0.25, 0.3) is 0 Å². The first-order chi connectivity index (χ1) is 10.6. The van der Waals surface area contributed by atoms with Crippen molar-refractivity contribution in [2.45, 2.75) is 51.0 Å². The first-order valence-electron chi connectivity index (χ1n) is 8.27. The SMILES string of the molecule is COc1ccc(C(C)CCNC(=O)C2CCCC(N)C2)cc1.Cl. The molecule has 0 aliphatic heterocycles. The Morgan fingerprint density at radius 2 is 2.04 bits per heavy atom. The predicted octanol–water partition coefficient (Wildman–Crippen LogP) is 3.24. The lowest BCUT2D eigenvalue weighted by Gasteiger charge is -2.25. The average Bonchev–Trinajstić information content (AvgIpc) is 2.54. The van der Waals surface area contributed by atoms with Gasteiger partial charge in [-0.2, -0.15) is 0 Å². The Morgan fingerprint density at radius 1 is 1.35 bits per heavy atom. The number of amides is 1. The summed E-state index contributed by atoms with van der Waals surface area (Å²) in [6.07, 6.45) is 4.88. The minimum absolute atomic E-state index is 0. The molecule has 5 heteroatoms. The van der Waals surface area contributed by atoms with Crippen LogP contribution >= 0.6 is 12.4 Å². The molecule has 4 nitrogen and oxygen atoms in total. The molecule has 0 bridgehead atoms. The summed E-state index contributed by atoms with van der Waals surface area (Å²) >= 11 is 0. The van der Waals surface area contributed by atoms with E-state index < -0.39 is 0 Å². The van der Waals surface area contributed by atoms with E-state index in [1.807, 2.05) is 12.1 Å². The van der Waals surface area contributed by atoms with Gasteiger partial charge in [0.2, 0.25) is 5.91 Å². The van der Waals surface area contributed by atoms with E-state index in [1.54, 1.807) is 7.11 Å². The Morgan fingerprint density at radius 3 is 2.65 bits per heavy atom. The molecule has 3 unspecified atom stereocenters. The first kappa shape index (κ1) is 19.8. The van der Waals surface area contributed by atoms with E-state index in [1.165, 1.54) is 5.56 Å². The van der Waals surface area contributed by atoms with Crippen LogP contribution in [0.15, 0.2) is 24.3 Å².